The number of benzene rings is 1. The SMILES string of the molecule is NC(Cc1cc(CCF)ccc1Br)C(=O)O. The van der Waals surface area contributed by atoms with Crippen molar-refractivity contribution in [3.8, 4) is 0 Å². The van der Waals surface area contributed by atoms with Gasteiger partial charge < -0.3 is 10.8 Å². The van der Waals surface area contributed by atoms with E-state index in [0.29, 0.717) is 6.42 Å². The molecular formula is C11H13BrFNO2. The number of halogens is 2. The molecular weight excluding hydrogens is 277 g/mol. The summed E-state index contributed by atoms with van der Waals surface area (Å²) in [6.07, 6.45) is 0.568. The van der Waals surface area contributed by atoms with Gasteiger partial charge in [-0.3, -0.25) is 9.18 Å². The second-order valence-corrected chi connectivity index (χ2v) is 4.37. The lowest BCUT2D eigenvalue weighted by Crippen LogP contribution is -2.32. The number of carboxylic acid groups (broad SMARTS) is 1. The Labute approximate surface area is 102 Å². The van der Waals surface area contributed by atoms with Gasteiger partial charge in [0.15, 0.2) is 0 Å². The van der Waals surface area contributed by atoms with E-state index >= 15 is 0 Å². The van der Waals surface area contributed by atoms with Crippen LogP contribution in [0.25, 0.3) is 0 Å². The number of hydrogen-bond acceptors (Lipinski definition) is 2. The fraction of sp³-hybridized carbons (Fsp3) is 0.364. The largest absolute Gasteiger partial charge is 0.480 e. The Morgan fingerprint density at radius 1 is 1.56 bits per heavy atom. The number of nitrogens with two attached hydrogens (primary N) is 1. The number of carbonyl (C=O) groups is 1. The van der Waals surface area contributed by atoms with Crippen molar-refractivity contribution in [3.63, 3.8) is 0 Å². The van der Waals surface area contributed by atoms with Crippen molar-refractivity contribution in [3.05, 3.63) is 33.8 Å². The molecule has 0 radical (unpaired) electrons. The lowest BCUT2D eigenvalue weighted by atomic mass is 10.0. The highest BCUT2D eigenvalue weighted by Crippen LogP contribution is 2.20. The number of aryl methyl sites for hydroxylation is 1. The normalized spacial score (nSPS) is 12.4. The smallest absolute Gasteiger partial charge is 0.320 e. The summed E-state index contributed by atoms with van der Waals surface area (Å²) >= 11 is 3.32. The van der Waals surface area contributed by atoms with Crippen LogP contribution in [0.15, 0.2) is 22.7 Å². The van der Waals surface area contributed by atoms with Crippen molar-refractivity contribution in [1.29, 1.82) is 0 Å². The van der Waals surface area contributed by atoms with Crippen LogP contribution in [0.1, 0.15) is 11.1 Å². The van der Waals surface area contributed by atoms with E-state index in [1.807, 2.05) is 0 Å². The molecule has 1 aromatic rings. The van der Waals surface area contributed by atoms with E-state index in [4.69, 9.17) is 10.8 Å². The van der Waals surface area contributed by atoms with Gasteiger partial charge in [0.1, 0.15) is 6.04 Å². The standard InChI is InChI=1S/C11H13BrFNO2/c12-9-2-1-7(3-4-13)5-8(9)6-10(14)11(15)16/h1-2,5,10H,3-4,6,14H2,(H,15,16). The van der Waals surface area contributed by atoms with Gasteiger partial charge in [-0.15, -0.1) is 0 Å². The highest BCUT2D eigenvalue weighted by Gasteiger charge is 2.14. The third-order valence-corrected chi connectivity index (χ3v) is 3.02. The van der Waals surface area contributed by atoms with Crippen LogP contribution in [0.4, 0.5) is 4.39 Å². The van der Waals surface area contributed by atoms with Crippen molar-refractivity contribution in [2.75, 3.05) is 6.67 Å². The first-order chi connectivity index (χ1) is 7.54. The summed E-state index contributed by atoms with van der Waals surface area (Å²) in [5.41, 5.74) is 7.09. The van der Waals surface area contributed by atoms with Crippen molar-refractivity contribution < 1.29 is 14.3 Å². The average Bonchev–Trinajstić information content (AvgIpc) is 2.23. The maximum absolute atomic E-state index is 12.2. The lowest BCUT2D eigenvalue weighted by Gasteiger charge is -2.10. The van der Waals surface area contributed by atoms with Crippen LogP contribution in [0.5, 0.6) is 0 Å². The molecule has 0 heterocycles. The Kier molecular flexibility index (Phi) is 4.89. The number of alkyl halides is 1. The third kappa shape index (κ3) is 3.57. The molecule has 1 aromatic carbocycles. The Morgan fingerprint density at radius 2 is 2.25 bits per heavy atom. The zero-order chi connectivity index (χ0) is 12.1. The molecule has 0 aliphatic carbocycles. The second-order valence-electron chi connectivity index (χ2n) is 3.51. The molecule has 0 fully saturated rings. The van der Waals surface area contributed by atoms with Crippen molar-refractivity contribution in [1.82, 2.24) is 0 Å². The van der Waals surface area contributed by atoms with Gasteiger partial charge in [-0.25, -0.2) is 0 Å². The molecule has 0 bridgehead atoms. The zero-order valence-electron chi connectivity index (χ0n) is 8.62. The van der Waals surface area contributed by atoms with Crippen LogP contribution in [0.3, 0.4) is 0 Å². The summed E-state index contributed by atoms with van der Waals surface area (Å²) in [7, 11) is 0. The van der Waals surface area contributed by atoms with Gasteiger partial charge in [0.25, 0.3) is 0 Å². The van der Waals surface area contributed by atoms with Crippen molar-refractivity contribution in [2.45, 2.75) is 18.9 Å². The number of aliphatic carboxylic acids is 1. The van der Waals surface area contributed by atoms with Crippen molar-refractivity contribution in [2.24, 2.45) is 5.73 Å². The van der Waals surface area contributed by atoms with Gasteiger partial charge in [-0.2, -0.15) is 0 Å². The molecule has 0 aliphatic heterocycles. The topological polar surface area (TPSA) is 63.3 Å². The Balaban J connectivity index is 2.85. The molecule has 1 rings (SSSR count). The zero-order valence-corrected chi connectivity index (χ0v) is 10.2. The van der Waals surface area contributed by atoms with Gasteiger partial charge in [-0.1, -0.05) is 28.1 Å². The van der Waals surface area contributed by atoms with Crippen LogP contribution in [0, 0.1) is 0 Å². The van der Waals surface area contributed by atoms with Crippen LogP contribution in [0.2, 0.25) is 0 Å². The summed E-state index contributed by atoms with van der Waals surface area (Å²) in [5.74, 6) is -1.04. The highest BCUT2D eigenvalue weighted by atomic mass is 79.9. The van der Waals surface area contributed by atoms with E-state index in [1.54, 1.807) is 18.2 Å². The fourth-order valence-electron chi connectivity index (χ4n) is 1.37. The molecule has 0 amide bonds. The molecule has 0 saturated carbocycles. The number of rotatable bonds is 5. The molecule has 0 aliphatic rings. The maximum Gasteiger partial charge on any atom is 0.320 e. The van der Waals surface area contributed by atoms with Crippen LogP contribution in [-0.4, -0.2) is 23.8 Å². The monoisotopic (exact) mass is 289 g/mol. The second kappa shape index (κ2) is 5.96. The van der Waals surface area contributed by atoms with Crippen LogP contribution < -0.4 is 5.73 Å². The van der Waals surface area contributed by atoms with E-state index in [1.165, 1.54) is 0 Å². The highest BCUT2D eigenvalue weighted by molar-refractivity contribution is 9.10. The van der Waals surface area contributed by atoms with E-state index < -0.39 is 18.7 Å². The lowest BCUT2D eigenvalue weighted by molar-refractivity contribution is -0.138. The minimum absolute atomic E-state index is 0.232. The van der Waals surface area contributed by atoms with Crippen LogP contribution >= 0.6 is 15.9 Å². The molecule has 0 aromatic heterocycles. The molecule has 3 nitrogen and oxygen atoms in total. The molecule has 88 valence electrons. The molecule has 0 spiro atoms. The molecule has 5 heteroatoms. The molecule has 1 atom stereocenters. The molecule has 1 unspecified atom stereocenters. The first-order valence-corrected chi connectivity index (χ1v) is 5.65. The Hall–Kier alpha value is -0.940. The Bertz CT molecular complexity index is 384. The molecule has 16 heavy (non-hydrogen) atoms. The minimum Gasteiger partial charge on any atom is -0.480 e. The third-order valence-electron chi connectivity index (χ3n) is 2.25. The van der Waals surface area contributed by atoms with E-state index in [-0.39, 0.29) is 6.42 Å². The number of carboxylic acids is 1. The fourth-order valence-corrected chi connectivity index (χ4v) is 1.78. The van der Waals surface area contributed by atoms with Gasteiger partial charge >= 0.3 is 5.97 Å². The molecule has 3 N–H and O–H groups in total. The van der Waals surface area contributed by atoms with E-state index in [9.17, 15) is 9.18 Å². The summed E-state index contributed by atoms with van der Waals surface area (Å²) in [4.78, 5) is 10.6. The molecule has 0 saturated heterocycles. The van der Waals surface area contributed by atoms with Gasteiger partial charge in [0.2, 0.25) is 0 Å². The van der Waals surface area contributed by atoms with Gasteiger partial charge in [0.05, 0.1) is 6.67 Å². The first-order valence-electron chi connectivity index (χ1n) is 4.86. The quantitative estimate of drug-likeness (QED) is 0.870. The average molecular weight is 290 g/mol. The summed E-state index contributed by atoms with van der Waals surface area (Å²) in [6, 6.07) is 4.44. The summed E-state index contributed by atoms with van der Waals surface area (Å²) in [6.45, 7) is -0.425. The predicted octanol–water partition coefficient (Wildman–Crippen LogP) is 1.92. The maximum atomic E-state index is 12.2. The van der Waals surface area contributed by atoms with Gasteiger partial charge in [-0.05, 0) is 23.6 Å². The van der Waals surface area contributed by atoms with Gasteiger partial charge in [0, 0.05) is 10.9 Å². The van der Waals surface area contributed by atoms with Crippen LogP contribution in [-0.2, 0) is 17.6 Å². The summed E-state index contributed by atoms with van der Waals surface area (Å²) < 4.78 is 13.0. The van der Waals surface area contributed by atoms with Crippen molar-refractivity contribution >= 4 is 21.9 Å². The predicted molar refractivity (Wildman–Crippen MR) is 63.1 cm³/mol. The van der Waals surface area contributed by atoms with E-state index in [2.05, 4.69) is 15.9 Å². The Morgan fingerprint density at radius 3 is 2.81 bits per heavy atom. The summed E-state index contributed by atoms with van der Waals surface area (Å²) in [5, 5.41) is 8.71. The van der Waals surface area contributed by atoms with E-state index in [0.717, 1.165) is 15.6 Å². The minimum atomic E-state index is -1.04. The first kappa shape index (κ1) is 13.1. The number of hydrogen-bond donors (Lipinski definition) is 2.